The van der Waals surface area contributed by atoms with Crippen molar-refractivity contribution in [3.8, 4) is 0 Å². The smallest absolute Gasteiger partial charge is 0.462 e. The molecular weight excluding hydrogens is 747 g/mol. The number of phosphoric ester groups is 1. The average molecular weight is 827 g/mol. The van der Waals surface area contributed by atoms with Crippen molar-refractivity contribution in [3.05, 3.63) is 60.8 Å². The van der Waals surface area contributed by atoms with E-state index in [1.54, 1.807) is 6.08 Å². The molecule has 0 aromatic carbocycles. The summed E-state index contributed by atoms with van der Waals surface area (Å²) in [5.41, 5.74) is 0. The first kappa shape index (κ1) is 54.6. The van der Waals surface area contributed by atoms with Crippen molar-refractivity contribution >= 4 is 19.8 Å². The Kier molecular flexibility index (Phi) is 37.5. The molecule has 4 N–H and O–H groups in total. The minimum absolute atomic E-state index is 0.0867. The van der Waals surface area contributed by atoms with Crippen LogP contribution in [0.5, 0.6) is 0 Å². The Labute approximate surface area is 345 Å². The van der Waals surface area contributed by atoms with Crippen molar-refractivity contribution in [1.29, 1.82) is 0 Å². The number of carbonyl (C=O) groups is 2. The van der Waals surface area contributed by atoms with Gasteiger partial charge in [0.05, 0.1) is 25.9 Å². The zero-order chi connectivity index (χ0) is 42.2. The summed E-state index contributed by atoms with van der Waals surface area (Å²) >= 11 is 0. The summed E-state index contributed by atoms with van der Waals surface area (Å²) < 4.78 is 32.6. The maximum atomic E-state index is 12.6. The van der Waals surface area contributed by atoms with E-state index in [4.69, 9.17) is 19.1 Å². The zero-order valence-corrected chi connectivity index (χ0v) is 36.5. The van der Waals surface area contributed by atoms with Gasteiger partial charge in [-0.25, -0.2) is 4.57 Å². The van der Waals surface area contributed by atoms with Gasteiger partial charge in [0.25, 0.3) is 0 Å². The molecule has 0 aliphatic carbocycles. The number of phosphoric acid groups is 1. The van der Waals surface area contributed by atoms with E-state index in [1.807, 2.05) is 49.5 Å². The van der Waals surface area contributed by atoms with Crippen LogP contribution in [0.4, 0.5) is 0 Å². The zero-order valence-electron chi connectivity index (χ0n) is 35.6. The van der Waals surface area contributed by atoms with Gasteiger partial charge in [0.15, 0.2) is 6.10 Å². The van der Waals surface area contributed by atoms with Crippen LogP contribution in [0.3, 0.4) is 0 Å². The second kappa shape index (κ2) is 39.1. The van der Waals surface area contributed by atoms with Crippen LogP contribution in [-0.4, -0.2) is 76.9 Å². The largest absolute Gasteiger partial charge is 0.472 e. The summed E-state index contributed by atoms with van der Waals surface area (Å²) in [6, 6.07) is 0. The highest BCUT2D eigenvalue weighted by atomic mass is 31.2. The molecule has 0 fully saturated rings. The first-order valence-corrected chi connectivity index (χ1v) is 23.2. The lowest BCUT2D eigenvalue weighted by molar-refractivity contribution is -0.161. The monoisotopic (exact) mass is 827 g/mol. The summed E-state index contributed by atoms with van der Waals surface area (Å²) in [5, 5.41) is 28.1. The van der Waals surface area contributed by atoms with Crippen molar-refractivity contribution in [2.45, 2.75) is 180 Å². The molecule has 0 aliphatic rings. The van der Waals surface area contributed by atoms with E-state index in [2.05, 4.69) is 30.5 Å². The molecule has 12 heteroatoms. The van der Waals surface area contributed by atoms with Crippen LogP contribution < -0.4 is 0 Å². The second-order valence-corrected chi connectivity index (χ2v) is 16.5. The number of hydrogen-bond donors (Lipinski definition) is 4. The van der Waals surface area contributed by atoms with Crippen LogP contribution in [0.15, 0.2) is 60.8 Å². The lowest BCUT2D eigenvalue weighted by Gasteiger charge is -2.20. The molecule has 0 saturated heterocycles. The maximum absolute atomic E-state index is 12.6. The van der Waals surface area contributed by atoms with Crippen molar-refractivity contribution < 1.29 is 52.9 Å². The molecule has 57 heavy (non-hydrogen) atoms. The van der Waals surface area contributed by atoms with E-state index in [-0.39, 0.29) is 19.4 Å². The number of rotatable bonds is 39. The van der Waals surface area contributed by atoms with Crippen LogP contribution in [0.1, 0.15) is 162 Å². The fourth-order valence-electron chi connectivity index (χ4n) is 5.59. The van der Waals surface area contributed by atoms with Crippen molar-refractivity contribution in [2.75, 3.05) is 26.4 Å². The predicted octanol–water partition coefficient (Wildman–Crippen LogP) is 10.3. The van der Waals surface area contributed by atoms with Crippen molar-refractivity contribution in [2.24, 2.45) is 5.92 Å². The lowest BCUT2D eigenvalue weighted by Crippen LogP contribution is -2.29. The summed E-state index contributed by atoms with van der Waals surface area (Å²) in [6.45, 7) is 4.39. The van der Waals surface area contributed by atoms with Crippen LogP contribution in [0.25, 0.3) is 0 Å². The Balaban J connectivity index is 4.42. The Bertz CT molecular complexity index is 1160. The van der Waals surface area contributed by atoms with Gasteiger partial charge in [-0.3, -0.25) is 18.6 Å². The minimum Gasteiger partial charge on any atom is -0.462 e. The summed E-state index contributed by atoms with van der Waals surface area (Å²) in [6.07, 6.45) is 38.3. The Morgan fingerprint density at radius 1 is 0.649 bits per heavy atom. The van der Waals surface area contributed by atoms with E-state index in [0.717, 1.165) is 44.4 Å². The molecule has 0 heterocycles. The summed E-state index contributed by atoms with van der Waals surface area (Å²) in [4.78, 5) is 35.0. The number of hydrogen-bond acceptors (Lipinski definition) is 10. The molecule has 0 aromatic heterocycles. The highest BCUT2D eigenvalue weighted by Gasteiger charge is 2.27. The van der Waals surface area contributed by atoms with Gasteiger partial charge in [0.1, 0.15) is 12.7 Å². The molecule has 330 valence electrons. The Hall–Kier alpha value is -2.37. The van der Waals surface area contributed by atoms with Crippen LogP contribution in [-0.2, 0) is 32.7 Å². The normalized spacial score (nSPS) is 15.1. The maximum Gasteiger partial charge on any atom is 0.472 e. The van der Waals surface area contributed by atoms with Gasteiger partial charge in [0, 0.05) is 12.8 Å². The highest BCUT2D eigenvalue weighted by molar-refractivity contribution is 7.47. The molecule has 0 rings (SSSR count). The van der Waals surface area contributed by atoms with Gasteiger partial charge < -0.3 is 29.7 Å². The van der Waals surface area contributed by atoms with E-state index in [9.17, 15) is 29.3 Å². The third kappa shape index (κ3) is 40.2. The molecule has 0 amide bonds. The molecule has 0 bridgehead atoms. The number of aliphatic hydroxyl groups excluding tert-OH is 3. The third-order valence-electron chi connectivity index (χ3n) is 8.94. The number of carbonyl (C=O) groups excluding carboxylic acids is 2. The molecule has 11 nitrogen and oxygen atoms in total. The van der Waals surface area contributed by atoms with Gasteiger partial charge >= 0.3 is 19.8 Å². The Morgan fingerprint density at radius 2 is 1.19 bits per heavy atom. The summed E-state index contributed by atoms with van der Waals surface area (Å²) in [7, 11) is -4.64. The second-order valence-electron chi connectivity index (χ2n) is 15.0. The first-order valence-electron chi connectivity index (χ1n) is 21.7. The van der Waals surface area contributed by atoms with Crippen LogP contribution >= 0.6 is 7.82 Å². The van der Waals surface area contributed by atoms with Crippen molar-refractivity contribution in [1.82, 2.24) is 0 Å². The quantitative estimate of drug-likeness (QED) is 0.0153. The van der Waals surface area contributed by atoms with Gasteiger partial charge in [-0.2, -0.15) is 0 Å². The van der Waals surface area contributed by atoms with E-state index in [0.29, 0.717) is 25.7 Å². The standard InChI is InChI=1S/C45H79O11P/c1-4-5-32-41(47)33-28-24-20-16-12-9-10-14-18-22-26-30-35-45(50)56-43(39-55-57(51,52)54-37-42(48)36-46)38-53-44(49)34-29-25-21-17-13-8-6-7-11-15-19-23-27-31-40(2)3/h5,9-10,16,18,20,22,24,28,32,40-43,46-48H,4,6-8,11-15,17,19,21,23,25-27,29-31,33-39H2,1-3H3,(H,51,52)/b10-9-,20-16-,22-18-,28-24+,32-5-/t41?,42-,43+/m0/s1. The number of aliphatic hydroxyl groups is 3. The summed E-state index contributed by atoms with van der Waals surface area (Å²) in [5.74, 6) is -0.208. The molecular formula is C45H79O11P. The molecule has 0 saturated carbocycles. The van der Waals surface area contributed by atoms with Gasteiger partial charge in [0.2, 0.25) is 0 Å². The molecule has 0 radical (unpaired) electrons. The lowest BCUT2D eigenvalue weighted by atomic mass is 10.0. The fourth-order valence-corrected chi connectivity index (χ4v) is 6.38. The van der Waals surface area contributed by atoms with E-state index >= 15 is 0 Å². The molecule has 2 unspecified atom stereocenters. The number of esters is 2. The minimum atomic E-state index is -4.64. The number of ether oxygens (including phenoxy) is 2. The van der Waals surface area contributed by atoms with Gasteiger partial charge in [-0.15, -0.1) is 0 Å². The van der Waals surface area contributed by atoms with E-state index in [1.165, 1.54) is 64.2 Å². The topological polar surface area (TPSA) is 169 Å². The average Bonchev–Trinajstić information content (AvgIpc) is 3.18. The van der Waals surface area contributed by atoms with Crippen molar-refractivity contribution in [3.63, 3.8) is 0 Å². The number of allylic oxidation sites excluding steroid dienone is 8. The van der Waals surface area contributed by atoms with E-state index < -0.39 is 57.9 Å². The fraction of sp³-hybridized carbons (Fsp3) is 0.733. The molecule has 0 aromatic rings. The Morgan fingerprint density at radius 3 is 1.81 bits per heavy atom. The van der Waals surface area contributed by atoms with Crippen LogP contribution in [0.2, 0.25) is 0 Å². The molecule has 4 atom stereocenters. The third-order valence-corrected chi connectivity index (χ3v) is 9.89. The molecule has 0 aliphatic heterocycles. The van der Waals surface area contributed by atoms with Gasteiger partial charge in [-0.05, 0) is 50.9 Å². The molecule has 0 spiro atoms. The van der Waals surface area contributed by atoms with Crippen LogP contribution in [0, 0.1) is 5.92 Å². The predicted molar refractivity (Wildman–Crippen MR) is 229 cm³/mol. The first-order chi connectivity index (χ1) is 27.5. The SMILES string of the molecule is CC/C=C\C(O)C/C=C/C=C\C/C=C\C/C=C\CCCC(=O)O[C@H](COC(=O)CCCCCCCCCCCCCCCC(C)C)COP(=O)(O)OC[C@@H](O)CO. The highest BCUT2D eigenvalue weighted by Crippen LogP contribution is 2.43. The number of unbranched alkanes of at least 4 members (excludes halogenated alkanes) is 13. The van der Waals surface area contributed by atoms with Gasteiger partial charge in [-0.1, -0.05) is 165 Å².